The first kappa shape index (κ1) is 18.0. The minimum atomic E-state index is -0.588. The first-order chi connectivity index (χ1) is 13.5. The molecule has 0 saturated carbocycles. The molecule has 4 rings (SSSR count). The zero-order valence-corrected chi connectivity index (χ0v) is 15.6. The summed E-state index contributed by atoms with van der Waals surface area (Å²) < 4.78 is 1.62. The second-order valence-corrected chi connectivity index (χ2v) is 6.99. The third-order valence-corrected chi connectivity index (χ3v) is 5.14. The van der Waals surface area contributed by atoms with Crippen molar-refractivity contribution < 1.29 is 9.59 Å². The molecule has 0 unspecified atom stereocenters. The van der Waals surface area contributed by atoms with Crippen LogP contribution in [0, 0.1) is 0 Å². The van der Waals surface area contributed by atoms with E-state index < -0.39 is 5.91 Å². The van der Waals surface area contributed by atoms with Crippen LogP contribution in [0.15, 0.2) is 42.5 Å². The number of rotatable bonds is 4. The Kier molecular flexibility index (Phi) is 4.68. The summed E-state index contributed by atoms with van der Waals surface area (Å²) >= 11 is 0. The van der Waals surface area contributed by atoms with Crippen LogP contribution in [0.2, 0.25) is 0 Å². The molecule has 28 heavy (non-hydrogen) atoms. The molecule has 2 amide bonds. The molecule has 0 radical (unpaired) electrons. The lowest BCUT2D eigenvalue weighted by Crippen LogP contribution is -2.39. The summed E-state index contributed by atoms with van der Waals surface area (Å²) in [5.74, 6) is -0.674. The summed E-state index contributed by atoms with van der Waals surface area (Å²) in [6.07, 6.45) is 2.73. The van der Waals surface area contributed by atoms with Crippen molar-refractivity contribution in [3.63, 3.8) is 0 Å². The van der Waals surface area contributed by atoms with Crippen molar-refractivity contribution >= 4 is 11.8 Å². The molecule has 3 aromatic rings. The molecular formula is C20H22N6O2. The van der Waals surface area contributed by atoms with Crippen LogP contribution in [0.1, 0.15) is 52.0 Å². The number of H-pyrrole nitrogens is 1. The van der Waals surface area contributed by atoms with Gasteiger partial charge in [-0.15, -0.1) is 0 Å². The van der Waals surface area contributed by atoms with Crippen LogP contribution in [0.3, 0.4) is 0 Å². The highest BCUT2D eigenvalue weighted by Gasteiger charge is 2.32. The number of nitrogens with two attached hydrogens (primary N) is 1. The number of benzene rings is 1. The number of carbonyl (C=O) groups excluding carboxylic acids is 2. The number of hydrogen-bond acceptors (Lipinski definition) is 4. The zero-order valence-electron chi connectivity index (χ0n) is 15.6. The minimum Gasteiger partial charge on any atom is -0.364 e. The maximum atomic E-state index is 13.3. The summed E-state index contributed by atoms with van der Waals surface area (Å²) in [5, 5.41) is 11.3. The number of aromatic nitrogens is 4. The van der Waals surface area contributed by atoms with Gasteiger partial charge >= 0.3 is 0 Å². The Bertz CT molecular complexity index is 1010. The molecule has 0 spiro atoms. The molecular weight excluding hydrogens is 356 g/mol. The number of nitrogens with one attached hydrogen (secondary N) is 1. The Morgan fingerprint density at radius 2 is 1.96 bits per heavy atom. The maximum absolute atomic E-state index is 13.3. The molecule has 0 aliphatic carbocycles. The predicted molar refractivity (Wildman–Crippen MR) is 103 cm³/mol. The Balaban J connectivity index is 1.64. The van der Waals surface area contributed by atoms with Crippen molar-refractivity contribution in [2.75, 3.05) is 6.54 Å². The van der Waals surface area contributed by atoms with Crippen molar-refractivity contribution in [1.29, 1.82) is 0 Å². The van der Waals surface area contributed by atoms with Crippen LogP contribution in [-0.4, -0.2) is 43.2 Å². The lowest BCUT2D eigenvalue weighted by atomic mass is 9.98. The van der Waals surface area contributed by atoms with Crippen LogP contribution >= 0.6 is 0 Å². The fraction of sp³-hybridized carbons (Fsp3) is 0.300. The van der Waals surface area contributed by atoms with Gasteiger partial charge in [0.15, 0.2) is 0 Å². The Labute approximate surface area is 162 Å². The van der Waals surface area contributed by atoms with E-state index in [1.54, 1.807) is 17.8 Å². The normalized spacial score (nSPS) is 16.9. The monoisotopic (exact) mass is 378 g/mol. The average molecular weight is 378 g/mol. The van der Waals surface area contributed by atoms with Gasteiger partial charge in [-0.05, 0) is 31.4 Å². The molecule has 1 fully saturated rings. The van der Waals surface area contributed by atoms with Crippen LogP contribution in [0.5, 0.6) is 0 Å². The molecule has 0 bridgehead atoms. The quantitative estimate of drug-likeness (QED) is 0.725. The van der Waals surface area contributed by atoms with E-state index in [0.29, 0.717) is 12.2 Å². The van der Waals surface area contributed by atoms with Gasteiger partial charge in [0.25, 0.3) is 11.8 Å². The first-order valence-corrected chi connectivity index (χ1v) is 9.30. The Hall–Kier alpha value is -3.42. The highest BCUT2D eigenvalue weighted by Crippen LogP contribution is 2.32. The zero-order chi connectivity index (χ0) is 19.7. The number of aryl methyl sites for hydroxylation is 1. The first-order valence-electron chi connectivity index (χ1n) is 9.30. The number of primary amides is 1. The van der Waals surface area contributed by atoms with E-state index in [1.807, 2.05) is 41.3 Å². The second kappa shape index (κ2) is 7.30. The predicted octanol–water partition coefficient (Wildman–Crippen LogP) is 2.28. The average Bonchev–Trinajstić information content (AvgIpc) is 3.35. The fourth-order valence-corrected chi connectivity index (χ4v) is 3.70. The standard InChI is InChI=1S/C20H22N6O2/c1-25-18(12-14(24-25)13-7-3-2-4-8-13)20(28)26-10-6-5-9-17(26)15-11-16(19(21)27)23-22-15/h2-4,7-8,11-12,17H,5-6,9-10H2,1H3,(H2,21,27)(H,22,23)/t17-/m1/s1. The molecule has 8 heteroatoms. The van der Waals surface area contributed by atoms with Gasteiger partial charge in [0.1, 0.15) is 11.4 Å². The molecule has 1 atom stereocenters. The summed E-state index contributed by atoms with van der Waals surface area (Å²) in [7, 11) is 1.78. The fourth-order valence-electron chi connectivity index (χ4n) is 3.70. The van der Waals surface area contributed by atoms with E-state index in [9.17, 15) is 9.59 Å². The number of hydrogen-bond donors (Lipinski definition) is 2. The van der Waals surface area contributed by atoms with Crippen molar-refractivity contribution in [3.8, 4) is 11.3 Å². The third kappa shape index (κ3) is 3.28. The van der Waals surface area contributed by atoms with Crippen LogP contribution < -0.4 is 5.73 Å². The smallest absolute Gasteiger partial charge is 0.272 e. The van der Waals surface area contributed by atoms with Gasteiger partial charge < -0.3 is 10.6 Å². The molecule has 144 valence electrons. The summed E-state index contributed by atoms with van der Waals surface area (Å²) in [6.45, 7) is 0.639. The lowest BCUT2D eigenvalue weighted by Gasteiger charge is -2.35. The second-order valence-electron chi connectivity index (χ2n) is 6.99. The Morgan fingerprint density at radius 3 is 2.68 bits per heavy atom. The van der Waals surface area contributed by atoms with Crippen molar-refractivity contribution in [3.05, 3.63) is 59.5 Å². The topological polar surface area (TPSA) is 110 Å². The van der Waals surface area contributed by atoms with Crippen LogP contribution in [-0.2, 0) is 7.05 Å². The third-order valence-electron chi connectivity index (χ3n) is 5.14. The molecule has 2 aromatic heterocycles. The number of piperidine rings is 1. The number of likely N-dealkylation sites (tertiary alicyclic amines) is 1. The minimum absolute atomic E-state index is 0.0860. The number of amides is 2. The van der Waals surface area contributed by atoms with E-state index in [0.717, 1.165) is 36.2 Å². The van der Waals surface area contributed by atoms with E-state index in [1.165, 1.54) is 0 Å². The van der Waals surface area contributed by atoms with Crippen molar-refractivity contribution in [2.45, 2.75) is 25.3 Å². The lowest BCUT2D eigenvalue weighted by molar-refractivity contribution is 0.0594. The molecule has 1 saturated heterocycles. The van der Waals surface area contributed by atoms with E-state index >= 15 is 0 Å². The van der Waals surface area contributed by atoms with Crippen LogP contribution in [0.4, 0.5) is 0 Å². The van der Waals surface area contributed by atoms with Crippen molar-refractivity contribution in [1.82, 2.24) is 24.9 Å². The van der Waals surface area contributed by atoms with Gasteiger partial charge in [-0.25, -0.2) is 0 Å². The van der Waals surface area contributed by atoms with Gasteiger partial charge in [-0.3, -0.25) is 19.4 Å². The number of aromatic amines is 1. The van der Waals surface area contributed by atoms with Gasteiger partial charge in [-0.2, -0.15) is 10.2 Å². The summed E-state index contributed by atoms with van der Waals surface area (Å²) in [5.41, 5.74) is 8.47. The number of carbonyl (C=O) groups is 2. The number of nitrogens with zero attached hydrogens (tertiary/aromatic N) is 4. The van der Waals surface area contributed by atoms with E-state index in [-0.39, 0.29) is 17.6 Å². The maximum Gasteiger partial charge on any atom is 0.272 e. The van der Waals surface area contributed by atoms with Gasteiger partial charge in [-0.1, -0.05) is 30.3 Å². The van der Waals surface area contributed by atoms with Gasteiger partial charge in [0.05, 0.1) is 17.4 Å². The summed E-state index contributed by atoms with van der Waals surface area (Å²) in [4.78, 5) is 26.5. The highest BCUT2D eigenvalue weighted by molar-refractivity contribution is 5.94. The van der Waals surface area contributed by atoms with E-state index in [4.69, 9.17) is 5.73 Å². The highest BCUT2D eigenvalue weighted by atomic mass is 16.2. The van der Waals surface area contributed by atoms with Gasteiger partial charge in [0, 0.05) is 19.2 Å². The Morgan fingerprint density at radius 1 is 1.18 bits per heavy atom. The molecule has 1 aliphatic rings. The SMILES string of the molecule is Cn1nc(-c2ccccc2)cc1C(=O)N1CCCC[C@@H]1c1cc(C(N)=O)n[nH]1. The molecule has 3 heterocycles. The van der Waals surface area contributed by atoms with Gasteiger partial charge in [0.2, 0.25) is 0 Å². The molecule has 8 nitrogen and oxygen atoms in total. The van der Waals surface area contributed by atoms with E-state index in [2.05, 4.69) is 15.3 Å². The van der Waals surface area contributed by atoms with Crippen LogP contribution in [0.25, 0.3) is 11.3 Å². The largest absolute Gasteiger partial charge is 0.364 e. The molecule has 1 aliphatic heterocycles. The molecule has 1 aromatic carbocycles. The van der Waals surface area contributed by atoms with Crippen molar-refractivity contribution in [2.24, 2.45) is 12.8 Å². The molecule has 3 N–H and O–H groups in total. The summed E-state index contributed by atoms with van der Waals surface area (Å²) in [6, 6.07) is 13.1.